The molecule has 2 heteroatoms. The van der Waals surface area contributed by atoms with Crippen molar-refractivity contribution in [2.45, 2.75) is 26.4 Å². The van der Waals surface area contributed by atoms with Gasteiger partial charge in [0.1, 0.15) is 6.10 Å². The summed E-state index contributed by atoms with van der Waals surface area (Å²) in [4.78, 5) is 11.5. The van der Waals surface area contributed by atoms with E-state index in [1.165, 1.54) is 0 Å². The fraction of sp³-hybridized carbons (Fsp3) is 0.357. The van der Waals surface area contributed by atoms with Gasteiger partial charge < -0.3 is 4.74 Å². The van der Waals surface area contributed by atoms with Gasteiger partial charge in [0.25, 0.3) is 0 Å². The molecule has 0 spiro atoms. The molecular weight excluding hydrogens is 200 g/mol. The van der Waals surface area contributed by atoms with Crippen LogP contribution in [0.5, 0.6) is 0 Å². The van der Waals surface area contributed by atoms with E-state index < -0.39 is 0 Å². The molecule has 2 rings (SSSR count). The smallest absolute Gasteiger partial charge is 0.334 e. The number of carbonyl (C=O) groups is 1. The van der Waals surface area contributed by atoms with Crippen molar-refractivity contribution in [2.75, 3.05) is 0 Å². The van der Waals surface area contributed by atoms with Crippen molar-refractivity contribution in [3.05, 3.63) is 47.5 Å². The molecule has 0 amide bonds. The Morgan fingerprint density at radius 3 is 2.56 bits per heavy atom. The Labute approximate surface area is 95.9 Å². The zero-order valence-corrected chi connectivity index (χ0v) is 9.64. The van der Waals surface area contributed by atoms with Crippen molar-refractivity contribution in [1.82, 2.24) is 0 Å². The van der Waals surface area contributed by atoms with E-state index in [2.05, 4.69) is 6.92 Å². The van der Waals surface area contributed by atoms with E-state index in [0.717, 1.165) is 17.6 Å². The second-order valence-electron chi connectivity index (χ2n) is 4.16. The highest BCUT2D eigenvalue weighted by Crippen LogP contribution is 2.34. The van der Waals surface area contributed by atoms with E-state index in [4.69, 9.17) is 4.74 Å². The molecule has 84 valence electrons. The number of cyclic esters (lactones) is 1. The van der Waals surface area contributed by atoms with Crippen LogP contribution in [0.3, 0.4) is 0 Å². The lowest BCUT2D eigenvalue weighted by atomic mass is 9.89. The summed E-state index contributed by atoms with van der Waals surface area (Å²) < 4.78 is 5.48. The van der Waals surface area contributed by atoms with Crippen molar-refractivity contribution in [2.24, 2.45) is 5.92 Å². The van der Waals surface area contributed by atoms with Crippen LogP contribution < -0.4 is 0 Å². The molecule has 2 atom stereocenters. The van der Waals surface area contributed by atoms with Crippen LogP contribution in [0, 0.1) is 5.92 Å². The Balaban J connectivity index is 2.31. The lowest BCUT2D eigenvalue weighted by Gasteiger charge is -2.28. The molecule has 1 aliphatic heterocycles. The minimum Gasteiger partial charge on any atom is -0.454 e. The van der Waals surface area contributed by atoms with Gasteiger partial charge in [-0.3, -0.25) is 0 Å². The Morgan fingerprint density at radius 2 is 1.94 bits per heavy atom. The molecule has 1 aliphatic rings. The quantitative estimate of drug-likeness (QED) is 0.709. The average molecular weight is 216 g/mol. The normalized spacial score (nSPS) is 24.9. The van der Waals surface area contributed by atoms with Crippen molar-refractivity contribution in [1.29, 1.82) is 0 Å². The predicted octanol–water partition coefficient (Wildman–Crippen LogP) is 3.26. The van der Waals surface area contributed by atoms with Crippen molar-refractivity contribution < 1.29 is 9.53 Å². The second-order valence-corrected chi connectivity index (χ2v) is 4.16. The van der Waals surface area contributed by atoms with Crippen LogP contribution >= 0.6 is 0 Å². The molecule has 0 fully saturated rings. The predicted molar refractivity (Wildman–Crippen MR) is 62.8 cm³/mol. The van der Waals surface area contributed by atoms with Gasteiger partial charge in [0.15, 0.2) is 0 Å². The fourth-order valence-corrected chi connectivity index (χ4v) is 2.06. The SMILES string of the molecule is CC[C@H]1C=C(C)C(=O)O[C@H]1c1ccccc1. The second kappa shape index (κ2) is 4.52. The first-order valence-electron chi connectivity index (χ1n) is 5.66. The first-order chi connectivity index (χ1) is 7.72. The molecule has 0 aliphatic carbocycles. The first-order valence-corrected chi connectivity index (χ1v) is 5.66. The van der Waals surface area contributed by atoms with Gasteiger partial charge in [-0.15, -0.1) is 0 Å². The highest BCUT2D eigenvalue weighted by atomic mass is 16.5. The van der Waals surface area contributed by atoms with Gasteiger partial charge in [-0.25, -0.2) is 4.79 Å². The molecule has 0 N–H and O–H groups in total. The van der Waals surface area contributed by atoms with Crippen LogP contribution in [0.4, 0.5) is 0 Å². The summed E-state index contributed by atoms with van der Waals surface area (Å²) in [6.45, 7) is 3.93. The molecule has 0 saturated heterocycles. The van der Waals surface area contributed by atoms with Crippen LogP contribution in [-0.4, -0.2) is 5.97 Å². The third-order valence-electron chi connectivity index (χ3n) is 3.01. The van der Waals surface area contributed by atoms with E-state index in [1.807, 2.05) is 43.3 Å². The van der Waals surface area contributed by atoms with E-state index in [9.17, 15) is 4.79 Å². The highest BCUT2D eigenvalue weighted by Gasteiger charge is 2.29. The van der Waals surface area contributed by atoms with Crippen LogP contribution in [0.2, 0.25) is 0 Å². The number of hydrogen-bond acceptors (Lipinski definition) is 2. The Bertz CT molecular complexity index is 406. The molecule has 16 heavy (non-hydrogen) atoms. The highest BCUT2D eigenvalue weighted by molar-refractivity contribution is 5.88. The van der Waals surface area contributed by atoms with E-state index in [0.29, 0.717) is 5.92 Å². The topological polar surface area (TPSA) is 26.3 Å². The zero-order chi connectivity index (χ0) is 11.5. The molecule has 2 nitrogen and oxygen atoms in total. The lowest BCUT2D eigenvalue weighted by Crippen LogP contribution is -2.24. The maximum atomic E-state index is 11.5. The lowest BCUT2D eigenvalue weighted by molar-refractivity contribution is -0.148. The number of ether oxygens (including phenoxy) is 1. The molecule has 0 bridgehead atoms. The third kappa shape index (κ3) is 2.01. The number of rotatable bonds is 2. The summed E-state index contributed by atoms with van der Waals surface area (Å²) in [5.74, 6) is 0.0960. The minimum absolute atomic E-state index is 0.123. The van der Waals surface area contributed by atoms with Gasteiger partial charge in [-0.05, 0) is 18.9 Å². The summed E-state index contributed by atoms with van der Waals surface area (Å²) in [7, 11) is 0. The largest absolute Gasteiger partial charge is 0.454 e. The van der Waals surface area contributed by atoms with Gasteiger partial charge >= 0.3 is 5.97 Å². The van der Waals surface area contributed by atoms with Gasteiger partial charge in [-0.2, -0.15) is 0 Å². The molecular formula is C14H16O2. The van der Waals surface area contributed by atoms with E-state index in [-0.39, 0.29) is 12.1 Å². The van der Waals surface area contributed by atoms with Crippen molar-refractivity contribution in [3.8, 4) is 0 Å². The third-order valence-corrected chi connectivity index (χ3v) is 3.01. The molecule has 1 aromatic rings. The molecule has 0 radical (unpaired) electrons. The first kappa shape index (κ1) is 10.9. The van der Waals surface area contributed by atoms with E-state index >= 15 is 0 Å². The summed E-state index contributed by atoms with van der Waals surface area (Å²) in [5, 5.41) is 0. The Hall–Kier alpha value is -1.57. The van der Waals surface area contributed by atoms with Crippen molar-refractivity contribution in [3.63, 3.8) is 0 Å². The minimum atomic E-state index is -0.196. The molecule has 0 unspecified atom stereocenters. The Kier molecular flexibility index (Phi) is 3.09. The van der Waals surface area contributed by atoms with Crippen molar-refractivity contribution >= 4 is 5.97 Å². The summed E-state index contributed by atoms with van der Waals surface area (Å²) in [5.41, 5.74) is 1.80. The van der Waals surface area contributed by atoms with Crippen LogP contribution in [0.1, 0.15) is 31.9 Å². The van der Waals surface area contributed by atoms with Gasteiger partial charge in [0.05, 0.1) is 0 Å². The summed E-state index contributed by atoms with van der Waals surface area (Å²) >= 11 is 0. The Morgan fingerprint density at radius 1 is 1.25 bits per heavy atom. The summed E-state index contributed by atoms with van der Waals surface area (Å²) in [6, 6.07) is 9.93. The molecule has 1 aromatic carbocycles. The standard InChI is InChI=1S/C14H16O2/c1-3-11-9-10(2)14(15)16-13(11)12-7-5-4-6-8-12/h4-9,11,13H,3H2,1-2H3/t11-,13+/m0/s1. The van der Waals surface area contributed by atoms with Crippen LogP contribution in [0.15, 0.2) is 42.0 Å². The fourth-order valence-electron chi connectivity index (χ4n) is 2.06. The average Bonchev–Trinajstić information content (AvgIpc) is 2.33. The maximum Gasteiger partial charge on any atom is 0.334 e. The monoisotopic (exact) mass is 216 g/mol. The number of esters is 1. The van der Waals surface area contributed by atoms with Gasteiger partial charge in [0, 0.05) is 11.5 Å². The zero-order valence-electron chi connectivity index (χ0n) is 9.64. The summed E-state index contributed by atoms with van der Waals surface area (Å²) in [6.07, 6.45) is 2.88. The molecule has 0 aromatic heterocycles. The number of benzene rings is 1. The molecule has 1 heterocycles. The van der Waals surface area contributed by atoms with Gasteiger partial charge in [-0.1, -0.05) is 43.3 Å². The number of carbonyl (C=O) groups excluding carboxylic acids is 1. The van der Waals surface area contributed by atoms with E-state index in [1.54, 1.807) is 0 Å². The number of hydrogen-bond donors (Lipinski definition) is 0. The van der Waals surface area contributed by atoms with Crippen LogP contribution in [0.25, 0.3) is 0 Å². The van der Waals surface area contributed by atoms with Gasteiger partial charge in [0.2, 0.25) is 0 Å². The molecule has 0 saturated carbocycles. The maximum absolute atomic E-state index is 11.5. The van der Waals surface area contributed by atoms with Crippen LogP contribution in [-0.2, 0) is 9.53 Å².